The average molecular weight is 514 g/mol. The molecule has 2 atom stereocenters. The molecule has 0 aliphatic carbocycles. The molecule has 0 spiro atoms. The summed E-state index contributed by atoms with van der Waals surface area (Å²) in [5.41, 5.74) is 1.88. The normalized spacial score (nSPS) is 14.9. The first kappa shape index (κ1) is 23.0. The summed E-state index contributed by atoms with van der Waals surface area (Å²) in [5.74, 6) is -0.423. The maximum absolute atomic E-state index is 6.12. The van der Waals surface area contributed by atoms with Crippen molar-refractivity contribution in [1.82, 2.24) is 0 Å². The van der Waals surface area contributed by atoms with E-state index in [4.69, 9.17) is 92.8 Å². The van der Waals surface area contributed by atoms with Gasteiger partial charge in [-0.1, -0.05) is 117 Å². The van der Waals surface area contributed by atoms with E-state index in [1.165, 1.54) is 0 Å². The number of hydrogen-bond donors (Lipinski definition) is 0. The SMILES string of the molecule is Clc1ccc(C(CC(Cl)(Cl)Cl)C(CC(Cl)(Cl)Cl)c2ccc(Cl)cc2)cc1. The van der Waals surface area contributed by atoms with Gasteiger partial charge in [-0.15, -0.1) is 0 Å². The van der Waals surface area contributed by atoms with E-state index in [1.54, 1.807) is 24.3 Å². The molecule has 8 heteroatoms. The van der Waals surface area contributed by atoms with Crippen molar-refractivity contribution in [1.29, 1.82) is 0 Å². The molecule has 0 nitrogen and oxygen atoms in total. The third-order valence-corrected chi connectivity index (χ3v) is 5.41. The van der Waals surface area contributed by atoms with Gasteiger partial charge in [-0.05, 0) is 47.2 Å². The fraction of sp³-hybridized carbons (Fsp3) is 0.333. The highest BCUT2D eigenvalue weighted by Crippen LogP contribution is 2.49. The standard InChI is InChI=1S/C18H14Cl8/c19-13-5-1-11(2-6-13)15(9-17(21,22)23)16(10-18(24,25)26)12-3-7-14(20)8-4-12/h1-8,15-16H,9-10H2. The first-order valence-corrected chi connectivity index (χ1v) is 10.6. The van der Waals surface area contributed by atoms with Gasteiger partial charge in [0.15, 0.2) is 7.59 Å². The van der Waals surface area contributed by atoms with Crippen LogP contribution in [0.25, 0.3) is 0 Å². The molecule has 0 aromatic heterocycles. The monoisotopic (exact) mass is 510 g/mol. The number of hydrogen-bond acceptors (Lipinski definition) is 0. The molecule has 0 aliphatic rings. The molecule has 0 fully saturated rings. The van der Waals surface area contributed by atoms with E-state index >= 15 is 0 Å². The second-order valence-electron chi connectivity index (χ2n) is 5.95. The predicted octanol–water partition coefficient (Wildman–Crippen LogP) is 9.38. The molecular formula is C18H14Cl8. The number of halogens is 8. The zero-order valence-electron chi connectivity index (χ0n) is 13.2. The van der Waals surface area contributed by atoms with Gasteiger partial charge in [0, 0.05) is 22.9 Å². The highest BCUT2D eigenvalue weighted by Gasteiger charge is 2.37. The van der Waals surface area contributed by atoms with Crippen LogP contribution in [0.4, 0.5) is 0 Å². The van der Waals surface area contributed by atoms with E-state index in [9.17, 15) is 0 Å². The van der Waals surface area contributed by atoms with Crippen LogP contribution < -0.4 is 0 Å². The molecule has 0 bridgehead atoms. The Kier molecular flexibility index (Phi) is 8.42. The Bertz CT molecular complexity index is 634. The van der Waals surface area contributed by atoms with E-state index in [1.807, 2.05) is 24.3 Å². The third-order valence-electron chi connectivity index (χ3n) is 3.98. The van der Waals surface area contributed by atoms with Crippen LogP contribution in [-0.2, 0) is 0 Å². The molecule has 0 amide bonds. The Morgan fingerprint density at radius 3 is 1.04 bits per heavy atom. The number of rotatable bonds is 5. The largest absolute Gasteiger partial charge is 0.191 e. The topological polar surface area (TPSA) is 0 Å². The third kappa shape index (κ3) is 7.64. The van der Waals surface area contributed by atoms with E-state index in [0.29, 0.717) is 10.0 Å². The first-order chi connectivity index (χ1) is 11.9. The van der Waals surface area contributed by atoms with Gasteiger partial charge in [0.05, 0.1) is 0 Å². The lowest BCUT2D eigenvalue weighted by Gasteiger charge is -2.32. The Morgan fingerprint density at radius 2 is 0.808 bits per heavy atom. The summed E-state index contributed by atoms with van der Waals surface area (Å²) in [6.07, 6.45) is 0.487. The lowest BCUT2D eigenvalue weighted by atomic mass is 9.78. The molecule has 0 saturated heterocycles. The van der Waals surface area contributed by atoms with E-state index < -0.39 is 7.59 Å². The van der Waals surface area contributed by atoms with Crippen LogP contribution in [0, 0.1) is 0 Å². The highest BCUT2D eigenvalue weighted by molar-refractivity contribution is 6.68. The van der Waals surface area contributed by atoms with Gasteiger partial charge >= 0.3 is 0 Å². The van der Waals surface area contributed by atoms with Crippen molar-refractivity contribution in [3.05, 3.63) is 69.7 Å². The molecule has 26 heavy (non-hydrogen) atoms. The predicted molar refractivity (Wildman–Crippen MR) is 118 cm³/mol. The minimum atomic E-state index is -1.47. The van der Waals surface area contributed by atoms with Crippen molar-refractivity contribution in [3.63, 3.8) is 0 Å². The quantitative estimate of drug-likeness (QED) is 0.349. The van der Waals surface area contributed by atoms with Crippen LogP contribution in [0.3, 0.4) is 0 Å². The Balaban J connectivity index is 2.51. The summed E-state index contributed by atoms with van der Waals surface area (Å²) in [6, 6.07) is 14.7. The molecule has 0 N–H and O–H groups in total. The summed E-state index contributed by atoms with van der Waals surface area (Å²) >= 11 is 48.8. The molecule has 142 valence electrons. The van der Waals surface area contributed by atoms with Crippen molar-refractivity contribution in [2.75, 3.05) is 0 Å². The number of alkyl halides is 6. The molecule has 2 aromatic rings. The van der Waals surface area contributed by atoms with E-state index in [0.717, 1.165) is 11.1 Å². The lowest BCUT2D eigenvalue weighted by Crippen LogP contribution is -2.22. The highest BCUT2D eigenvalue weighted by atomic mass is 35.6. The van der Waals surface area contributed by atoms with Crippen LogP contribution in [-0.4, -0.2) is 7.59 Å². The molecule has 0 heterocycles. The van der Waals surface area contributed by atoms with Crippen LogP contribution >= 0.6 is 92.8 Å². The molecule has 0 saturated carbocycles. The van der Waals surface area contributed by atoms with Gasteiger partial charge in [-0.3, -0.25) is 0 Å². The molecule has 2 aromatic carbocycles. The van der Waals surface area contributed by atoms with Crippen molar-refractivity contribution >= 4 is 92.8 Å². The summed E-state index contributed by atoms with van der Waals surface area (Å²) in [6.45, 7) is 0. The zero-order chi connectivity index (χ0) is 19.5. The van der Waals surface area contributed by atoms with Gasteiger partial charge in [0.2, 0.25) is 0 Å². The van der Waals surface area contributed by atoms with Crippen molar-refractivity contribution < 1.29 is 0 Å². The average Bonchev–Trinajstić information content (AvgIpc) is 2.51. The van der Waals surface area contributed by atoms with Gasteiger partial charge in [-0.2, -0.15) is 0 Å². The Labute approximate surface area is 193 Å². The second kappa shape index (κ2) is 9.51. The maximum atomic E-state index is 6.12. The fourth-order valence-corrected chi connectivity index (χ4v) is 4.15. The molecule has 2 unspecified atom stereocenters. The van der Waals surface area contributed by atoms with Gasteiger partial charge < -0.3 is 0 Å². The number of benzene rings is 2. The van der Waals surface area contributed by atoms with Crippen molar-refractivity contribution in [2.45, 2.75) is 32.3 Å². The van der Waals surface area contributed by atoms with Crippen molar-refractivity contribution in [3.8, 4) is 0 Å². The van der Waals surface area contributed by atoms with Gasteiger partial charge in [0.25, 0.3) is 0 Å². The van der Waals surface area contributed by atoms with Crippen LogP contribution in [0.5, 0.6) is 0 Å². The van der Waals surface area contributed by atoms with Gasteiger partial charge in [-0.25, -0.2) is 0 Å². The minimum absolute atomic E-state index is 0.212. The van der Waals surface area contributed by atoms with E-state index in [-0.39, 0.29) is 24.7 Å². The fourth-order valence-electron chi connectivity index (χ4n) is 2.90. The zero-order valence-corrected chi connectivity index (χ0v) is 19.3. The smallest absolute Gasteiger partial charge is 0.0843 e. The van der Waals surface area contributed by atoms with Gasteiger partial charge in [0.1, 0.15) is 0 Å². The summed E-state index contributed by atoms with van der Waals surface area (Å²) in [7, 11) is 0. The summed E-state index contributed by atoms with van der Waals surface area (Å²) in [4.78, 5) is 0. The maximum Gasteiger partial charge on any atom is 0.191 e. The lowest BCUT2D eigenvalue weighted by molar-refractivity contribution is 0.485. The summed E-state index contributed by atoms with van der Waals surface area (Å²) < 4.78 is -2.94. The Morgan fingerprint density at radius 1 is 0.538 bits per heavy atom. The first-order valence-electron chi connectivity index (χ1n) is 7.59. The van der Waals surface area contributed by atoms with Crippen LogP contribution in [0.1, 0.15) is 35.8 Å². The molecular weight excluding hydrogens is 500 g/mol. The summed E-state index contributed by atoms with van der Waals surface area (Å²) in [5, 5.41) is 1.23. The minimum Gasteiger partial charge on any atom is -0.0843 e. The second-order valence-corrected chi connectivity index (χ2v) is 11.9. The van der Waals surface area contributed by atoms with Crippen LogP contribution in [0.15, 0.2) is 48.5 Å². The van der Waals surface area contributed by atoms with E-state index in [2.05, 4.69) is 0 Å². The molecule has 0 aliphatic heterocycles. The Hall–Kier alpha value is 0.760. The van der Waals surface area contributed by atoms with Crippen LogP contribution in [0.2, 0.25) is 10.0 Å². The molecule has 0 radical (unpaired) electrons. The van der Waals surface area contributed by atoms with Crippen molar-refractivity contribution in [2.24, 2.45) is 0 Å². The molecule has 2 rings (SSSR count).